The number of hydrogen-bond acceptors (Lipinski definition) is 1. The van der Waals surface area contributed by atoms with Gasteiger partial charge in [-0.2, -0.15) is 17.5 Å². The van der Waals surface area contributed by atoms with Crippen LogP contribution >= 0.6 is 0 Å². The predicted molar refractivity (Wildman–Crippen MR) is 93.3 cm³/mol. The summed E-state index contributed by atoms with van der Waals surface area (Å²) in [5.74, 6) is 0. The van der Waals surface area contributed by atoms with E-state index >= 15 is 0 Å². The van der Waals surface area contributed by atoms with Crippen LogP contribution in [0.2, 0.25) is 13.1 Å². The zero-order chi connectivity index (χ0) is 14.6. The molecule has 5 heteroatoms. The van der Waals surface area contributed by atoms with E-state index in [0.717, 1.165) is 0 Å². The second-order valence-corrected chi connectivity index (χ2v) is 10.6. The summed E-state index contributed by atoms with van der Waals surface area (Å²) >= 11 is 0. The van der Waals surface area contributed by atoms with Gasteiger partial charge in [-0.1, -0.05) is 25.2 Å². The fourth-order valence-electron chi connectivity index (χ4n) is 3.67. The second kappa shape index (κ2) is 7.74. The molecule has 2 aromatic carbocycles. The van der Waals surface area contributed by atoms with Crippen molar-refractivity contribution < 1.29 is 51.0 Å². The number of nitrogens with zero attached hydrogens (tertiary/aromatic N) is 1. The molecule has 0 unspecified atom stereocenters. The Balaban J connectivity index is 0.000000220. The number of hydrogen-bond donors (Lipinski definition) is 0. The molecule has 0 atom stereocenters. The quantitative estimate of drug-likeness (QED) is 0.359. The van der Waals surface area contributed by atoms with Gasteiger partial charge in [-0.3, -0.25) is 4.99 Å². The normalized spacial score (nSPS) is 17.7. The zero-order valence-corrected chi connectivity index (χ0v) is 18.9. The molecule has 1 aliphatic carbocycles. The number of halogens is 2. The van der Waals surface area contributed by atoms with Crippen molar-refractivity contribution in [2.75, 3.05) is 0 Å². The van der Waals surface area contributed by atoms with Crippen molar-refractivity contribution in [3.63, 3.8) is 0 Å². The molecule has 0 N–H and O–H groups in total. The first-order chi connectivity index (χ1) is 10.1. The Kier molecular flexibility index (Phi) is 6.92. The SMILES string of the molecule is CC1=NC2=CC=C3C2=C1[Si]3(C)C.[Cl-].[Cl-].[Zr+3].c1ccc2[cH-]ccc2c1. The standard InChI is InChI=1S/C10H11NSi.C9H7.2ClH.Zr/c1-6-10-9-7(11-6)4-5-8(9)12(10,2)3;1-2-5-9-7-3-6-8(9)4-1;;;/h4-5H,1-3H3;1-7H;2*1H;/q;-1;;;+3/p-2. The van der Waals surface area contributed by atoms with E-state index in [1.807, 2.05) is 0 Å². The monoisotopic (exact) mass is 448 g/mol. The van der Waals surface area contributed by atoms with Crippen molar-refractivity contribution in [3.05, 3.63) is 76.3 Å². The zero-order valence-electron chi connectivity index (χ0n) is 13.9. The number of rotatable bonds is 0. The summed E-state index contributed by atoms with van der Waals surface area (Å²) in [6, 6.07) is 14.7. The van der Waals surface area contributed by atoms with Gasteiger partial charge in [-0.05, 0) is 23.4 Å². The summed E-state index contributed by atoms with van der Waals surface area (Å²) in [4.78, 5) is 4.56. The van der Waals surface area contributed by atoms with Crippen molar-refractivity contribution in [1.82, 2.24) is 0 Å². The fraction of sp³-hybridized carbons (Fsp3) is 0.158. The van der Waals surface area contributed by atoms with Gasteiger partial charge >= 0.3 is 26.2 Å². The van der Waals surface area contributed by atoms with E-state index in [2.05, 4.69) is 79.6 Å². The molecule has 2 heterocycles. The van der Waals surface area contributed by atoms with Gasteiger partial charge in [0.1, 0.15) is 8.07 Å². The molecule has 0 saturated heterocycles. The van der Waals surface area contributed by atoms with Crippen LogP contribution in [0.5, 0.6) is 0 Å². The molecule has 0 saturated carbocycles. The topological polar surface area (TPSA) is 12.4 Å². The largest absolute Gasteiger partial charge is 3.00 e. The molecule has 0 amide bonds. The van der Waals surface area contributed by atoms with Crippen LogP contribution in [0.3, 0.4) is 0 Å². The Hall–Kier alpha value is -0.600. The third-order valence-electron chi connectivity index (χ3n) is 4.68. The van der Waals surface area contributed by atoms with Crippen LogP contribution in [-0.4, -0.2) is 13.8 Å². The van der Waals surface area contributed by atoms with Crippen molar-refractivity contribution in [2.45, 2.75) is 20.0 Å². The second-order valence-electron chi connectivity index (χ2n) is 6.36. The van der Waals surface area contributed by atoms with Crippen LogP contribution in [-0.2, 0) is 26.2 Å². The fourth-order valence-corrected chi connectivity index (χ4v) is 6.98. The Labute approximate surface area is 176 Å². The Bertz CT molecular complexity index is 857. The summed E-state index contributed by atoms with van der Waals surface area (Å²) < 4.78 is 0. The average molecular weight is 451 g/mol. The van der Waals surface area contributed by atoms with E-state index in [-0.39, 0.29) is 51.0 Å². The van der Waals surface area contributed by atoms with Gasteiger partial charge in [0.2, 0.25) is 0 Å². The van der Waals surface area contributed by atoms with Crippen LogP contribution in [0.1, 0.15) is 6.92 Å². The Morgan fingerprint density at radius 3 is 2.42 bits per heavy atom. The molecule has 0 spiro atoms. The molecule has 2 aliphatic heterocycles. The van der Waals surface area contributed by atoms with E-state index < -0.39 is 8.07 Å². The molecule has 0 bridgehead atoms. The van der Waals surface area contributed by atoms with E-state index in [1.54, 1.807) is 10.4 Å². The maximum atomic E-state index is 4.56. The minimum absolute atomic E-state index is 0. The summed E-state index contributed by atoms with van der Waals surface area (Å²) in [5, 5.41) is 5.89. The molecule has 0 aromatic heterocycles. The molecule has 3 aliphatic rings. The molecule has 5 rings (SSSR count). The van der Waals surface area contributed by atoms with Gasteiger partial charge in [-0.25, -0.2) is 0 Å². The van der Waals surface area contributed by atoms with Gasteiger partial charge in [0, 0.05) is 11.3 Å². The first-order valence-electron chi connectivity index (χ1n) is 7.43. The molecular formula is C19H18Cl2NSiZr. The van der Waals surface area contributed by atoms with Gasteiger partial charge in [0.15, 0.2) is 0 Å². The first kappa shape index (κ1) is 21.4. The smallest absolute Gasteiger partial charge is 1.00 e. The molecule has 1 radical (unpaired) electrons. The van der Waals surface area contributed by atoms with Crippen LogP contribution in [0.4, 0.5) is 0 Å². The molecule has 0 fully saturated rings. The van der Waals surface area contributed by atoms with E-state index in [0.29, 0.717) is 0 Å². The van der Waals surface area contributed by atoms with Gasteiger partial charge < -0.3 is 24.8 Å². The van der Waals surface area contributed by atoms with Crippen LogP contribution < -0.4 is 24.8 Å². The minimum atomic E-state index is -1.17. The number of aliphatic imine (C=N–C) groups is 1. The summed E-state index contributed by atoms with van der Waals surface area (Å²) in [7, 11) is -1.17. The van der Waals surface area contributed by atoms with E-state index in [4.69, 9.17) is 0 Å². The maximum absolute atomic E-state index is 4.56. The summed E-state index contributed by atoms with van der Waals surface area (Å²) in [6.07, 6.45) is 4.44. The van der Waals surface area contributed by atoms with Crippen molar-refractivity contribution >= 4 is 24.6 Å². The third-order valence-corrected chi connectivity index (χ3v) is 8.30. The van der Waals surface area contributed by atoms with Crippen LogP contribution in [0.15, 0.2) is 81.3 Å². The van der Waals surface area contributed by atoms with Gasteiger partial charge in [0.25, 0.3) is 0 Å². The minimum Gasteiger partial charge on any atom is -1.00 e. The average Bonchev–Trinajstić information content (AvgIpc) is 3.09. The Morgan fingerprint density at radius 2 is 1.71 bits per heavy atom. The Morgan fingerprint density at radius 1 is 1.00 bits per heavy atom. The van der Waals surface area contributed by atoms with Crippen LogP contribution in [0.25, 0.3) is 10.8 Å². The maximum Gasteiger partial charge on any atom is 3.00 e. The van der Waals surface area contributed by atoms with E-state index in [9.17, 15) is 0 Å². The van der Waals surface area contributed by atoms with Crippen molar-refractivity contribution in [2.24, 2.45) is 4.99 Å². The summed E-state index contributed by atoms with van der Waals surface area (Å²) in [6.45, 7) is 6.98. The third kappa shape index (κ3) is 3.12. The molecule has 121 valence electrons. The van der Waals surface area contributed by atoms with Crippen molar-refractivity contribution in [3.8, 4) is 0 Å². The molecular weight excluding hydrogens is 432 g/mol. The van der Waals surface area contributed by atoms with E-state index in [1.165, 1.54) is 27.8 Å². The number of fused-ring (bicyclic) bond motifs is 1. The predicted octanol–water partition coefficient (Wildman–Crippen LogP) is -1.05. The number of allylic oxidation sites excluding steroid dienone is 4. The first-order valence-corrected chi connectivity index (χ1v) is 10.4. The molecule has 1 nitrogen and oxygen atoms in total. The van der Waals surface area contributed by atoms with Gasteiger partial charge in [0.05, 0.1) is 5.70 Å². The molecule has 2 aromatic rings. The summed E-state index contributed by atoms with van der Waals surface area (Å²) in [5.41, 5.74) is 4.00. The number of benzene rings is 1. The van der Waals surface area contributed by atoms with Gasteiger partial charge in [-0.15, -0.1) is 29.7 Å². The van der Waals surface area contributed by atoms with Crippen LogP contribution in [0, 0.1) is 0 Å². The molecule has 24 heavy (non-hydrogen) atoms. The van der Waals surface area contributed by atoms with Crippen molar-refractivity contribution in [1.29, 1.82) is 0 Å².